The molecular weight excluding hydrogens is 400 g/mol. The minimum Gasteiger partial charge on any atom is -0.354 e. The van der Waals surface area contributed by atoms with E-state index >= 15 is 0 Å². The van der Waals surface area contributed by atoms with E-state index in [0.29, 0.717) is 17.5 Å². The van der Waals surface area contributed by atoms with Crippen molar-refractivity contribution >= 4 is 38.4 Å². The lowest BCUT2D eigenvalue weighted by molar-refractivity contribution is -0.120. The van der Waals surface area contributed by atoms with Gasteiger partial charge in [0.1, 0.15) is 12.7 Å². The Labute approximate surface area is 176 Å². The highest BCUT2D eigenvalue weighted by Gasteiger charge is 2.27. The number of piperidine rings is 1. The van der Waals surface area contributed by atoms with E-state index in [4.69, 9.17) is 0 Å². The molecule has 5 rings (SSSR count). The molecule has 9 nitrogen and oxygen atoms in total. The number of carbonyl (C=O) groups excluding carboxylic acids is 1. The Morgan fingerprint density at radius 3 is 2.87 bits per heavy atom. The molecule has 4 aromatic rings. The van der Waals surface area contributed by atoms with Crippen molar-refractivity contribution in [2.45, 2.75) is 19.8 Å². The van der Waals surface area contributed by atoms with Gasteiger partial charge in [-0.2, -0.15) is 5.10 Å². The Bertz CT molecular complexity index is 1170. The van der Waals surface area contributed by atoms with Crippen molar-refractivity contribution in [2.75, 3.05) is 23.3 Å². The number of nitrogens with one attached hydrogen (secondary N) is 1. The van der Waals surface area contributed by atoms with Crippen LogP contribution < -0.4 is 10.2 Å². The summed E-state index contributed by atoms with van der Waals surface area (Å²) < 4.78 is 2.64. The summed E-state index contributed by atoms with van der Waals surface area (Å²) in [7, 11) is 0. The zero-order valence-corrected chi connectivity index (χ0v) is 17.2. The molecule has 10 heteroatoms. The van der Waals surface area contributed by atoms with E-state index in [-0.39, 0.29) is 11.8 Å². The number of amides is 1. The van der Waals surface area contributed by atoms with E-state index < -0.39 is 0 Å². The van der Waals surface area contributed by atoms with Gasteiger partial charge in [0.15, 0.2) is 16.8 Å². The van der Waals surface area contributed by atoms with Crippen molar-refractivity contribution in [1.29, 1.82) is 0 Å². The topological polar surface area (TPSA) is 102 Å². The number of aryl methyl sites for hydroxylation is 1. The third kappa shape index (κ3) is 3.73. The molecule has 1 saturated heterocycles. The lowest BCUT2D eigenvalue weighted by Crippen LogP contribution is -2.41. The van der Waals surface area contributed by atoms with E-state index in [1.54, 1.807) is 11.0 Å². The monoisotopic (exact) mass is 420 g/mol. The SMILES string of the molecule is Cc1ccc2nc(NC(=O)C3CCCN(c4ccc(-n5cncn5)nn4)C3)sc2c1. The predicted octanol–water partition coefficient (Wildman–Crippen LogP) is 2.83. The van der Waals surface area contributed by atoms with Gasteiger partial charge in [0, 0.05) is 13.1 Å². The maximum atomic E-state index is 12.9. The van der Waals surface area contributed by atoms with Crippen LogP contribution in [0.1, 0.15) is 18.4 Å². The molecule has 0 spiro atoms. The number of thiazole rings is 1. The number of anilines is 2. The Kier molecular flexibility index (Phi) is 4.83. The van der Waals surface area contributed by atoms with Crippen molar-refractivity contribution in [1.82, 2.24) is 29.9 Å². The van der Waals surface area contributed by atoms with E-state index in [9.17, 15) is 4.79 Å². The first-order valence-corrected chi connectivity index (χ1v) is 10.6. The lowest BCUT2D eigenvalue weighted by Gasteiger charge is -2.32. The summed E-state index contributed by atoms with van der Waals surface area (Å²) in [5, 5.41) is 16.3. The summed E-state index contributed by atoms with van der Waals surface area (Å²) in [6, 6.07) is 9.86. The molecule has 0 aliphatic carbocycles. The maximum Gasteiger partial charge on any atom is 0.231 e. The fourth-order valence-corrected chi connectivity index (χ4v) is 4.59. The van der Waals surface area contributed by atoms with Gasteiger partial charge in [0.05, 0.1) is 16.1 Å². The Hall–Kier alpha value is -3.40. The summed E-state index contributed by atoms with van der Waals surface area (Å²) in [5.74, 6) is 1.24. The summed E-state index contributed by atoms with van der Waals surface area (Å²) in [4.78, 5) is 23.4. The van der Waals surface area contributed by atoms with Gasteiger partial charge in [0.25, 0.3) is 0 Å². The standard InChI is InChI=1S/C20H20N8OS/c1-13-4-5-15-16(9-13)30-20(23-15)24-19(29)14-3-2-8-27(10-14)17-6-7-18(26-25-17)28-12-21-11-22-28/h4-7,9,11-12,14H,2-3,8,10H2,1H3,(H,23,24,29). The van der Waals surface area contributed by atoms with Crippen LogP contribution in [0.3, 0.4) is 0 Å². The molecule has 0 saturated carbocycles. The van der Waals surface area contributed by atoms with Gasteiger partial charge in [-0.25, -0.2) is 14.6 Å². The van der Waals surface area contributed by atoms with Gasteiger partial charge in [0.2, 0.25) is 5.91 Å². The molecule has 3 aromatic heterocycles. The molecule has 0 radical (unpaired) electrons. The summed E-state index contributed by atoms with van der Waals surface area (Å²) in [6.45, 7) is 3.50. The van der Waals surface area contributed by atoms with E-state index in [1.807, 2.05) is 24.3 Å². The molecule has 1 N–H and O–H groups in total. The third-order valence-corrected chi connectivity index (χ3v) is 6.11. The van der Waals surface area contributed by atoms with Gasteiger partial charge in [-0.3, -0.25) is 4.79 Å². The number of hydrogen-bond donors (Lipinski definition) is 1. The summed E-state index contributed by atoms with van der Waals surface area (Å²) in [6.07, 6.45) is 4.80. The van der Waals surface area contributed by atoms with E-state index in [0.717, 1.165) is 35.4 Å². The van der Waals surface area contributed by atoms with Crippen LogP contribution in [0.2, 0.25) is 0 Å². The second kappa shape index (κ2) is 7.79. The summed E-state index contributed by atoms with van der Waals surface area (Å²) in [5.41, 5.74) is 2.09. The van der Waals surface area contributed by atoms with Gasteiger partial charge in [-0.15, -0.1) is 10.2 Å². The minimum absolute atomic E-state index is 0.00247. The zero-order chi connectivity index (χ0) is 20.5. The first kappa shape index (κ1) is 18.6. The number of carbonyl (C=O) groups is 1. The van der Waals surface area contributed by atoms with E-state index in [2.05, 4.69) is 48.5 Å². The smallest absolute Gasteiger partial charge is 0.231 e. The number of aromatic nitrogens is 6. The van der Waals surface area contributed by atoms with Gasteiger partial charge in [-0.05, 0) is 49.6 Å². The molecule has 1 aliphatic heterocycles. The minimum atomic E-state index is -0.121. The number of benzene rings is 1. The molecule has 0 bridgehead atoms. The second-order valence-electron chi connectivity index (χ2n) is 7.35. The van der Waals surface area contributed by atoms with E-state index in [1.165, 1.54) is 23.2 Å². The summed E-state index contributed by atoms with van der Waals surface area (Å²) >= 11 is 1.51. The van der Waals surface area contributed by atoms with Crippen molar-refractivity contribution < 1.29 is 4.79 Å². The maximum absolute atomic E-state index is 12.9. The van der Waals surface area contributed by atoms with Gasteiger partial charge < -0.3 is 10.2 Å². The molecule has 30 heavy (non-hydrogen) atoms. The van der Waals surface area contributed by atoms with Crippen LogP contribution in [0.5, 0.6) is 0 Å². The number of hydrogen-bond acceptors (Lipinski definition) is 8. The van der Waals surface area contributed by atoms with Gasteiger partial charge >= 0.3 is 0 Å². The van der Waals surface area contributed by atoms with Gasteiger partial charge in [-0.1, -0.05) is 17.4 Å². The molecule has 1 fully saturated rings. The van der Waals surface area contributed by atoms with Crippen LogP contribution in [0.15, 0.2) is 43.0 Å². The quantitative estimate of drug-likeness (QED) is 0.542. The Morgan fingerprint density at radius 1 is 1.20 bits per heavy atom. The molecule has 1 unspecified atom stereocenters. The van der Waals surface area contributed by atoms with Crippen molar-refractivity contribution in [3.63, 3.8) is 0 Å². The number of rotatable bonds is 4. The molecular formula is C20H20N8OS. The zero-order valence-electron chi connectivity index (χ0n) is 16.4. The second-order valence-corrected chi connectivity index (χ2v) is 8.39. The molecule has 1 amide bonds. The van der Waals surface area contributed by atoms with Crippen LogP contribution in [-0.4, -0.2) is 48.9 Å². The highest BCUT2D eigenvalue weighted by molar-refractivity contribution is 7.22. The first-order valence-electron chi connectivity index (χ1n) is 9.77. The van der Waals surface area contributed by atoms with Crippen molar-refractivity contribution in [3.8, 4) is 5.82 Å². The largest absolute Gasteiger partial charge is 0.354 e. The average molecular weight is 421 g/mol. The molecule has 1 aliphatic rings. The number of fused-ring (bicyclic) bond motifs is 1. The van der Waals surface area contributed by atoms with Crippen LogP contribution in [0.25, 0.3) is 16.0 Å². The fourth-order valence-electron chi connectivity index (χ4n) is 3.63. The highest BCUT2D eigenvalue weighted by Crippen LogP contribution is 2.28. The Balaban J connectivity index is 1.26. The third-order valence-electron chi connectivity index (χ3n) is 5.18. The number of nitrogens with zero attached hydrogens (tertiary/aromatic N) is 7. The van der Waals surface area contributed by atoms with Crippen molar-refractivity contribution in [3.05, 3.63) is 48.5 Å². The molecule has 152 valence electrons. The highest BCUT2D eigenvalue weighted by atomic mass is 32.1. The Morgan fingerprint density at radius 2 is 2.07 bits per heavy atom. The molecule has 4 heterocycles. The van der Waals surface area contributed by atoms with Crippen LogP contribution in [0, 0.1) is 12.8 Å². The first-order chi connectivity index (χ1) is 14.7. The average Bonchev–Trinajstić information content (AvgIpc) is 3.43. The van der Waals surface area contributed by atoms with Crippen LogP contribution in [0.4, 0.5) is 10.9 Å². The van der Waals surface area contributed by atoms with Crippen molar-refractivity contribution in [2.24, 2.45) is 5.92 Å². The normalized spacial score (nSPS) is 16.7. The molecule has 1 aromatic carbocycles. The fraction of sp³-hybridized carbons (Fsp3) is 0.300. The predicted molar refractivity (Wildman–Crippen MR) is 115 cm³/mol. The lowest BCUT2D eigenvalue weighted by atomic mass is 9.97. The van der Waals surface area contributed by atoms with Crippen LogP contribution >= 0.6 is 11.3 Å². The van der Waals surface area contributed by atoms with Crippen LogP contribution in [-0.2, 0) is 4.79 Å². The molecule has 1 atom stereocenters.